The number of aromatic amines is 2. The number of imidazole rings is 2. The van der Waals surface area contributed by atoms with E-state index in [9.17, 15) is 0 Å². The molecule has 0 aliphatic rings. The number of hydrogen-bond donors (Lipinski definition) is 2. The molecule has 4 aromatic rings. The molecule has 0 spiro atoms. The second-order valence-electron chi connectivity index (χ2n) is 6.31. The number of aromatic nitrogens is 4. The smallest absolute Gasteiger partial charge is 0.110 e. The summed E-state index contributed by atoms with van der Waals surface area (Å²) in [7, 11) is 0. The van der Waals surface area contributed by atoms with Gasteiger partial charge in [-0.05, 0) is 30.7 Å². The zero-order chi connectivity index (χ0) is 16.0. The molecular weight excluding hydrogens is 284 g/mol. The van der Waals surface area contributed by atoms with E-state index in [1.165, 1.54) is 5.56 Å². The number of benzene rings is 2. The van der Waals surface area contributed by atoms with E-state index in [1.54, 1.807) is 0 Å². The van der Waals surface area contributed by atoms with Gasteiger partial charge in [-0.1, -0.05) is 38.1 Å². The van der Waals surface area contributed by atoms with E-state index >= 15 is 0 Å². The lowest BCUT2D eigenvalue weighted by atomic mass is 9.95. The van der Waals surface area contributed by atoms with Gasteiger partial charge >= 0.3 is 0 Å². The molecule has 23 heavy (non-hydrogen) atoms. The van der Waals surface area contributed by atoms with E-state index < -0.39 is 0 Å². The van der Waals surface area contributed by atoms with Gasteiger partial charge in [0.05, 0.1) is 22.1 Å². The van der Waals surface area contributed by atoms with E-state index in [0.717, 1.165) is 33.7 Å². The molecule has 2 N–H and O–H groups in total. The Kier molecular flexibility index (Phi) is 3.18. The summed E-state index contributed by atoms with van der Waals surface area (Å²) in [5.74, 6) is 2.53. The van der Waals surface area contributed by atoms with Gasteiger partial charge in [0.15, 0.2) is 0 Å². The lowest BCUT2D eigenvalue weighted by Crippen LogP contribution is -2.08. The first-order valence-electron chi connectivity index (χ1n) is 8.03. The maximum Gasteiger partial charge on any atom is 0.110 e. The van der Waals surface area contributed by atoms with Crippen LogP contribution in [0.3, 0.4) is 0 Å². The Morgan fingerprint density at radius 3 is 2.17 bits per heavy atom. The van der Waals surface area contributed by atoms with Crippen molar-refractivity contribution in [1.82, 2.24) is 19.9 Å². The molecule has 4 rings (SSSR count). The highest BCUT2D eigenvalue weighted by Gasteiger charge is 2.22. The highest BCUT2D eigenvalue weighted by molar-refractivity contribution is 5.78. The molecule has 116 valence electrons. The fourth-order valence-corrected chi connectivity index (χ4v) is 3.07. The molecule has 0 bridgehead atoms. The van der Waals surface area contributed by atoms with Crippen LogP contribution in [0.5, 0.6) is 0 Å². The van der Waals surface area contributed by atoms with Crippen LogP contribution in [-0.2, 0) is 0 Å². The van der Waals surface area contributed by atoms with Crippen molar-refractivity contribution < 1.29 is 0 Å². The molecule has 2 aromatic carbocycles. The number of rotatable bonds is 3. The second-order valence-corrected chi connectivity index (χ2v) is 6.31. The molecule has 4 heteroatoms. The normalized spacial score (nSPS) is 14.4. The predicted molar refractivity (Wildman–Crippen MR) is 93.8 cm³/mol. The first-order valence-corrected chi connectivity index (χ1v) is 8.03. The highest BCUT2D eigenvalue weighted by Crippen LogP contribution is 2.31. The minimum absolute atomic E-state index is 0.252. The van der Waals surface area contributed by atoms with Crippen LogP contribution in [0.25, 0.3) is 22.1 Å². The molecule has 0 aliphatic heterocycles. The zero-order valence-electron chi connectivity index (χ0n) is 13.6. The van der Waals surface area contributed by atoms with Gasteiger partial charge in [0.2, 0.25) is 0 Å². The van der Waals surface area contributed by atoms with Crippen molar-refractivity contribution in [2.45, 2.75) is 32.6 Å². The largest absolute Gasteiger partial charge is 0.342 e. The number of H-pyrrole nitrogens is 2. The third-order valence-electron chi connectivity index (χ3n) is 4.75. The summed E-state index contributed by atoms with van der Waals surface area (Å²) in [5.41, 5.74) is 5.47. The number of nitrogens with zero attached hydrogens (tertiary/aromatic N) is 2. The first-order chi connectivity index (χ1) is 11.1. The van der Waals surface area contributed by atoms with Crippen molar-refractivity contribution >= 4 is 22.1 Å². The van der Waals surface area contributed by atoms with Crippen molar-refractivity contribution in [1.29, 1.82) is 0 Å². The number of aryl methyl sites for hydroxylation is 1. The topological polar surface area (TPSA) is 57.4 Å². The van der Waals surface area contributed by atoms with Gasteiger partial charge in [0.25, 0.3) is 0 Å². The van der Waals surface area contributed by atoms with Crippen molar-refractivity contribution in [3.63, 3.8) is 0 Å². The lowest BCUT2D eigenvalue weighted by Gasteiger charge is -2.15. The maximum absolute atomic E-state index is 4.82. The van der Waals surface area contributed by atoms with E-state index in [2.05, 4.69) is 55.0 Å². The number of hydrogen-bond acceptors (Lipinski definition) is 2. The van der Waals surface area contributed by atoms with Crippen molar-refractivity contribution in [3.05, 3.63) is 59.7 Å². The fourth-order valence-electron chi connectivity index (χ4n) is 3.07. The van der Waals surface area contributed by atoms with E-state index in [1.807, 2.05) is 18.2 Å². The molecule has 0 saturated heterocycles. The number of fused-ring (bicyclic) bond motifs is 2. The predicted octanol–water partition coefficient (Wildman–Crippen LogP) is 4.65. The second kappa shape index (κ2) is 5.23. The molecule has 2 unspecified atom stereocenters. The van der Waals surface area contributed by atoms with Crippen LogP contribution >= 0.6 is 0 Å². The maximum atomic E-state index is 4.82. The lowest BCUT2D eigenvalue weighted by molar-refractivity contribution is 0.573. The Hall–Kier alpha value is -2.62. The Bertz CT molecular complexity index is 946. The van der Waals surface area contributed by atoms with Gasteiger partial charge < -0.3 is 9.97 Å². The molecule has 2 atom stereocenters. The fraction of sp³-hybridized carbons (Fsp3) is 0.263. The SMILES string of the molecule is Cc1cccc2[nH]c(C(C)C(C)c3nc4ccccc4[nH]3)nc12. The van der Waals surface area contributed by atoms with Crippen LogP contribution < -0.4 is 0 Å². The number of para-hydroxylation sites is 3. The summed E-state index contributed by atoms with van der Waals surface area (Å²) >= 11 is 0. The van der Waals surface area contributed by atoms with Crippen LogP contribution in [0, 0.1) is 6.92 Å². The Balaban J connectivity index is 1.71. The molecule has 4 nitrogen and oxygen atoms in total. The third-order valence-corrected chi connectivity index (χ3v) is 4.75. The van der Waals surface area contributed by atoms with Gasteiger partial charge in [-0.2, -0.15) is 0 Å². The monoisotopic (exact) mass is 304 g/mol. The van der Waals surface area contributed by atoms with Crippen LogP contribution in [0.2, 0.25) is 0 Å². The summed E-state index contributed by atoms with van der Waals surface area (Å²) in [4.78, 5) is 16.5. The van der Waals surface area contributed by atoms with Crippen LogP contribution in [0.4, 0.5) is 0 Å². The Labute approximate surface area is 135 Å². The Morgan fingerprint density at radius 1 is 0.783 bits per heavy atom. The van der Waals surface area contributed by atoms with Crippen LogP contribution in [-0.4, -0.2) is 19.9 Å². The molecule has 2 aromatic heterocycles. The van der Waals surface area contributed by atoms with E-state index in [0.29, 0.717) is 0 Å². The molecule has 0 radical (unpaired) electrons. The summed E-state index contributed by atoms with van der Waals surface area (Å²) in [6.45, 7) is 6.49. The molecule has 0 aliphatic carbocycles. The van der Waals surface area contributed by atoms with Gasteiger partial charge in [-0.3, -0.25) is 0 Å². The van der Waals surface area contributed by atoms with Gasteiger partial charge in [-0.15, -0.1) is 0 Å². The third kappa shape index (κ3) is 2.31. The summed E-state index contributed by atoms with van der Waals surface area (Å²) in [6.07, 6.45) is 0. The van der Waals surface area contributed by atoms with E-state index in [4.69, 9.17) is 9.97 Å². The average Bonchev–Trinajstić information content (AvgIpc) is 3.18. The van der Waals surface area contributed by atoms with Crippen molar-refractivity contribution in [2.24, 2.45) is 0 Å². The van der Waals surface area contributed by atoms with Crippen LogP contribution in [0.1, 0.15) is 42.9 Å². The highest BCUT2D eigenvalue weighted by atomic mass is 15.0. The number of nitrogens with one attached hydrogen (secondary N) is 2. The quantitative estimate of drug-likeness (QED) is 0.578. The molecular formula is C19H20N4. The van der Waals surface area contributed by atoms with Crippen molar-refractivity contribution in [2.75, 3.05) is 0 Å². The summed E-state index contributed by atoms with van der Waals surface area (Å²) in [5, 5.41) is 0. The Morgan fingerprint density at radius 2 is 1.43 bits per heavy atom. The van der Waals surface area contributed by atoms with Gasteiger partial charge in [0, 0.05) is 11.8 Å². The molecule has 0 fully saturated rings. The average molecular weight is 304 g/mol. The molecule has 0 saturated carbocycles. The minimum Gasteiger partial charge on any atom is -0.342 e. The molecule has 2 heterocycles. The summed E-state index contributed by atoms with van der Waals surface area (Å²) < 4.78 is 0. The molecule has 0 amide bonds. The zero-order valence-corrected chi connectivity index (χ0v) is 13.6. The standard InChI is InChI=1S/C19H20N4/c1-11-7-6-10-16-17(11)23-19(22-16)13(3)12(2)18-20-14-8-4-5-9-15(14)21-18/h4-10,12-13H,1-3H3,(H,20,21)(H,22,23). The summed E-state index contributed by atoms with van der Waals surface area (Å²) in [6, 6.07) is 14.4. The van der Waals surface area contributed by atoms with Gasteiger partial charge in [-0.25, -0.2) is 9.97 Å². The minimum atomic E-state index is 0.252. The van der Waals surface area contributed by atoms with Crippen molar-refractivity contribution in [3.8, 4) is 0 Å². The van der Waals surface area contributed by atoms with Crippen LogP contribution in [0.15, 0.2) is 42.5 Å². The van der Waals surface area contributed by atoms with E-state index in [-0.39, 0.29) is 11.8 Å². The first kappa shape index (κ1) is 14.0. The van der Waals surface area contributed by atoms with Gasteiger partial charge in [0.1, 0.15) is 11.6 Å².